The second kappa shape index (κ2) is 5.79. The monoisotopic (exact) mass is 218 g/mol. The topological polar surface area (TPSA) is 64.3 Å². The maximum absolute atomic E-state index is 11.0. The Morgan fingerprint density at radius 3 is 2.88 bits per heavy atom. The van der Waals surface area contributed by atoms with Crippen LogP contribution in [0.1, 0.15) is 11.1 Å². The van der Waals surface area contributed by atoms with Crippen LogP contribution in [0.2, 0.25) is 0 Å². The summed E-state index contributed by atoms with van der Waals surface area (Å²) in [5, 5.41) is 2.59. The van der Waals surface area contributed by atoms with Gasteiger partial charge in [-0.2, -0.15) is 0 Å². The molecule has 1 amide bonds. The minimum atomic E-state index is -0.497. The van der Waals surface area contributed by atoms with E-state index < -0.39 is 6.09 Å². The molecule has 16 heavy (non-hydrogen) atoms. The van der Waals surface area contributed by atoms with Crippen LogP contribution in [-0.4, -0.2) is 19.7 Å². The summed E-state index contributed by atoms with van der Waals surface area (Å²) < 4.78 is 4.51. The summed E-state index contributed by atoms with van der Waals surface area (Å²) in [6, 6.07) is 5.53. The van der Waals surface area contributed by atoms with E-state index in [1.165, 1.54) is 7.11 Å². The van der Waals surface area contributed by atoms with E-state index in [0.717, 1.165) is 11.1 Å². The number of rotatable bonds is 1. The van der Waals surface area contributed by atoms with Crippen molar-refractivity contribution in [1.29, 1.82) is 0 Å². The molecule has 0 aliphatic heterocycles. The Labute approximate surface area is 94.8 Å². The smallest absolute Gasteiger partial charge is 0.411 e. The van der Waals surface area contributed by atoms with Gasteiger partial charge in [-0.1, -0.05) is 11.8 Å². The number of hydrogen-bond donors (Lipinski definition) is 2. The summed E-state index contributed by atoms with van der Waals surface area (Å²) in [6.07, 6.45) is -0.497. The minimum absolute atomic E-state index is 0.313. The molecule has 3 N–H and O–H groups in total. The molecule has 0 aliphatic carbocycles. The van der Waals surface area contributed by atoms with Gasteiger partial charge in [0.15, 0.2) is 0 Å². The minimum Gasteiger partial charge on any atom is -0.453 e. The largest absolute Gasteiger partial charge is 0.453 e. The van der Waals surface area contributed by atoms with Crippen LogP contribution in [0.25, 0.3) is 0 Å². The Morgan fingerprint density at radius 2 is 2.25 bits per heavy atom. The van der Waals surface area contributed by atoms with Crippen LogP contribution in [0.5, 0.6) is 0 Å². The van der Waals surface area contributed by atoms with E-state index in [1.54, 1.807) is 6.07 Å². The molecule has 0 atom stereocenters. The number of amides is 1. The van der Waals surface area contributed by atoms with E-state index in [4.69, 9.17) is 5.73 Å². The van der Waals surface area contributed by atoms with E-state index in [9.17, 15) is 4.79 Å². The van der Waals surface area contributed by atoms with Crippen LogP contribution in [0.4, 0.5) is 10.5 Å². The van der Waals surface area contributed by atoms with Crippen LogP contribution in [-0.2, 0) is 4.74 Å². The molecule has 1 aromatic rings. The summed E-state index contributed by atoms with van der Waals surface area (Å²) in [5.74, 6) is 5.67. The van der Waals surface area contributed by atoms with Gasteiger partial charge in [0, 0.05) is 11.3 Å². The van der Waals surface area contributed by atoms with Crippen LogP contribution in [0, 0.1) is 18.8 Å². The van der Waals surface area contributed by atoms with E-state index in [1.807, 2.05) is 19.1 Å². The molecule has 0 saturated heterocycles. The summed E-state index contributed by atoms with van der Waals surface area (Å²) in [7, 11) is 1.32. The van der Waals surface area contributed by atoms with Gasteiger partial charge >= 0.3 is 6.09 Å². The van der Waals surface area contributed by atoms with Crippen molar-refractivity contribution in [2.75, 3.05) is 19.0 Å². The maximum Gasteiger partial charge on any atom is 0.411 e. The lowest BCUT2D eigenvalue weighted by Crippen LogP contribution is -2.11. The third-order valence-corrected chi connectivity index (χ3v) is 1.84. The molecule has 84 valence electrons. The number of ether oxygens (including phenoxy) is 1. The Balaban J connectivity index is 2.94. The first-order chi connectivity index (χ1) is 7.65. The van der Waals surface area contributed by atoms with E-state index in [2.05, 4.69) is 21.9 Å². The molecule has 0 heterocycles. The Kier molecular flexibility index (Phi) is 4.37. The predicted octanol–water partition coefficient (Wildman–Crippen LogP) is 1.48. The molecule has 4 heteroatoms. The highest BCUT2D eigenvalue weighted by molar-refractivity contribution is 5.84. The second-order valence-electron chi connectivity index (χ2n) is 3.21. The van der Waals surface area contributed by atoms with Crippen molar-refractivity contribution in [3.63, 3.8) is 0 Å². The van der Waals surface area contributed by atoms with Crippen molar-refractivity contribution < 1.29 is 9.53 Å². The predicted molar refractivity (Wildman–Crippen MR) is 63.1 cm³/mol. The summed E-state index contributed by atoms with van der Waals surface area (Å²) in [6.45, 7) is 2.24. The first kappa shape index (κ1) is 12.1. The lowest BCUT2D eigenvalue weighted by Gasteiger charge is -2.05. The van der Waals surface area contributed by atoms with Crippen molar-refractivity contribution in [2.24, 2.45) is 5.73 Å². The van der Waals surface area contributed by atoms with E-state index in [0.29, 0.717) is 12.2 Å². The molecule has 0 bridgehead atoms. The van der Waals surface area contributed by atoms with Crippen LogP contribution in [0.3, 0.4) is 0 Å². The van der Waals surface area contributed by atoms with Crippen LogP contribution in [0.15, 0.2) is 18.2 Å². The molecule has 0 aromatic heterocycles. The number of carbonyl (C=O) groups excluding carboxylic acids is 1. The Morgan fingerprint density at radius 1 is 1.50 bits per heavy atom. The first-order valence-corrected chi connectivity index (χ1v) is 4.81. The number of nitrogens with two attached hydrogens (primary N) is 1. The number of benzene rings is 1. The molecular weight excluding hydrogens is 204 g/mol. The number of carbonyl (C=O) groups is 1. The zero-order chi connectivity index (χ0) is 12.0. The highest BCUT2D eigenvalue weighted by atomic mass is 16.5. The molecule has 0 spiro atoms. The highest BCUT2D eigenvalue weighted by Crippen LogP contribution is 2.13. The van der Waals surface area contributed by atoms with Gasteiger partial charge in [-0.25, -0.2) is 4.79 Å². The number of aryl methyl sites for hydroxylation is 1. The molecule has 1 aromatic carbocycles. The maximum atomic E-state index is 11.0. The molecule has 1 rings (SSSR count). The van der Waals surface area contributed by atoms with Gasteiger partial charge in [0.2, 0.25) is 0 Å². The fourth-order valence-electron chi connectivity index (χ4n) is 1.25. The third-order valence-electron chi connectivity index (χ3n) is 1.84. The molecule has 0 aliphatic rings. The fourth-order valence-corrected chi connectivity index (χ4v) is 1.25. The van der Waals surface area contributed by atoms with Gasteiger partial charge in [0.25, 0.3) is 0 Å². The van der Waals surface area contributed by atoms with Gasteiger partial charge in [-0.15, -0.1) is 0 Å². The number of methoxy groups -OCH3 is 1. The van der Waals surface area contributed by atoms with Crippen molar-refractivity contribution in [2.45, 2.75) is 6.92 Å². The van der Waals surface area contributed by atoms with E-state index in [-0.39, 0.29) is 0 Å². The lowest BCUT2D eigenvalue weighted by molar-refractivity contribution is 0.187. The fraction of sp³-hybridized carbons (Fsp3) is 0.250. The summed E-state index contributed by atoms with van der Waals surface area (Å²) in [4.78, 5) is 11.0. The SMILES string of the molecule is COC(=O)Nc1cc(C)cc(C#CCN)c1. The highest BCUT2D eigenvalue weighted by Gasteiger charge is 2.01. The third kappa shape index (κ3) is 3.64. The van der Waals surface area contributed by atoms with E-state index >= 15 is 0 Å². The molecule has 0 saturated carbocycles. The van der Waals surface area contributed by atoms with Gasteiger partial charge < -0.3 is 10.5 Å². The normalized spacial score (nSPS) is 8.94. The van der Waals surface area contributed by atoms with Gasteiger partial charge in [0.05, 0.1) is 13.7 Å². The van der Waals surface area contributed by atoms with Gasteiger partial charge in [-0.3, -0.25) is 5.32 Å². The molecule has 0 unspecified atom stereocenters. The average Bonchev–Trinajstić information content (AvgIpc) is 2.25. The zero-order valence-electron chi connectivity index (χ0n) is 9.33. The van der Waals surface area contributed by atoms with Crippen LogP contribution < -0.4 is 11.1 Å². The number of hydrogen-bond acceptors (Lipinski definition) is 3. The van der Waals surface area contributed by atoms with Crippen molar-refractivity contribution >= 4 is 11.8 Å². The molecule has 4 nitrogen and oxygen atoms in total. The first-order valence-electron chi connectivity index (χ1n) is 4.81. The van der Waals surface area contributed by atoms with Crippen molar-refractivity contribution in [3.8, 4) is 11.8 Å². The van der Waals surface area contributed by atoms with Crippen LogP contribution >= 0.6 is 0 Å². The number of anilines is 1. The average molecular weight is 218 g/mol. The zero-order valence-corrected chi connectivity index (χ0v) is 9.33. The van der Waals surface area contributed by atoms with Gasteiger partial charge in [0.1, 0.15) is 0 Å². The molecule has 0 radical (unpaired) electrons. The molecule has 0 fully saturated rings. The van der Waals surface area contributed by atoms with Crippen molar-refractivity contribution in [1.82, 2.24) is 0 Å². The van der Waals surface area contributed by atoms with Crippen molar-refractivity contribution in [3.05, 3.63) is 29.3 Å². The standard InChI is InChI=1S/C12H14N2O2/c1-9-6-10(4-3-5-13)8-11(7-9)14-12(15)16-2/h6-8H,5,13H2,1-2H3,(H,14,15). The summed E-state index contributed by atoms with van der Waals surface area (Å²) in [5.41, 5.74) is 7.78. The Hall–Kier alpha value is -1.99. The number of nitrogens with one attached hydrogen (secondary N) is 1. The lowest BCUT2D eigenvalue weighted by atomic mass is 10.1. The quantitative estimate of drug-likeness (QED) is 0.702. The summed E-state index contributed by atoms with van der Waals surface area (Å²) >= 11 is 0. The molecular formula is C12H14N2O2. The van der Waals surface area contributed by atoms with Gasteiger partial charge in [-0.05, 0) is 30.7 Å². The Bertz CT molecular complexity index is 444. The second-order valence-corrected chi connectivity index (χ2v) is 3.21.